The summed E-state index contributed by atoms with van der Waals surface area (Å²) in [5.41, 5.74) is 8.29. The van der Waals surface area contributed by atoms with Gasteiger partial charge in [-0.3, -0.25) is 0 Å². The van der Waals surface area contributed by atoms with E-state index < -0.39 is 5.54 Å². The summed E-state index contributed by atoms with van der Waals surface area (Å²) in [6.45, 7) is 0.772. The zero-order valence-corrected chi connectivity index (χ0v) is 13.6. The van der Waals surface area contributed by atoms with Crippen LogP contribution in [0, 0.1) is 0 Å². The molecule has 6 heteroatoms. The Labute approximate surface area is 141 Å². The first-order chi connectivity index (χ1) is 10.7. The lowest BCUT2D eigenvalue weighted by atomic mass is 9.99. The molecule has 1 aliphatic heterocycles. The number of fused-ring (bicyclic) bond motifs is 1. The predicted octanol–water partition coefficient (Wildman–Crippen LogP) is 3.32. The molecular formula is C17H20ClN3O2. The van der Waals surface area contributed by atoms with Crippen molar-refractivity contribution in [2.75, 3.05) is 6.61 Å². The molecule has 0 bridgehead atoms. The van der Waals surface area contributed by atoms with Crippen LogP contribution in [-0.4, -0.2) is 16.7 Å². The monoisotopic (exact) mass is 333 g/mol. The van der Waals surface area contributed by atoms with Crippen molar-refractivity contribution in [3.63, 3.8) is 0 Å². The Bertz CT molecular complexity index is 720. The fourth-order valence-corrected chi connectivity index (χ4v) is 3.21. The number of hydrogen-bond donors (Lipinski definition) is 1. The van der Waals surface area contributed by atoms with E-state index in [1.165, 1.54) is 5.56 Å². The smallest absolute Gasteiger partial charge is 0.250 e. The summed E-state index contributed by atoms with van der Waals surface area (Å²) in [4.78, 5) is 4.44. The SMILES string of the molecule is Cl.NC1(c2noc(/C=C/c3ccc4c(c3)CCO4)n2)CCCC1. The third-order valence-electron chi connectivity index (χ3n) is 4.51. The Hall–Kier alpha value is -1.85. The summed E-state index contributed by atoms with van der Waals surface area (Å²) in [6, 6.07) is 6.17. The summed E-state index contributed by atoms with van der Waals surface area (Å²) < 4.78 is 10.8. The summed E-state index contributed by atoms with van der Waals surface area (Å²) in [7, 11) is 0. The fourth-order valence-electron chi connectivity index (χ4n) is 3.21. The van der Waals surface area contributed by atoms with Crippen molar-refractivity contribution in [2.45, 2.75) is 37.6 Å². The summed E-state index contributed by atoms with van der Waals surface area (Å²) >= 11 is 0. The lowest BCUT2D eigenvalue weighted by Crippen LogP contribution is -2.34. The van der Waals surface area contributed by atoms with Crippen molar-refractivity contribution < 1.29 is 9.26 Å². The normalized spacial score (nSPS) is 18.7. The molecule has 2 N–H and O–H groups in total. The van der Waals surface area contributed by atoms with E-state index in [0.717, 1.165) is 50.0 Å². The van der Waals surface area contributed by atoms with E-state index in [0.29, 0.717) is 11.7 Å². The first-order valence-electron chi connectivity index (χ1n) is 7.80. The highest BCUT2D eigenvalue weighted by atomic mass is 35.5. The van der Waals surface area contributed by atoms with Gasteiger partial charge in [-0.05, 0) is 42.2 Å². The largest absolute Gasteiger partial charge is 0.493 e. The topological polar surface area (TPSA) is 74.2 Å². The number of halogens is 1. The zero-order chi connectivity index (χ0) is 15.0. The highest BCUT2D eigenvalue weighted by molar-refractivity contribution is 5.85. The zero-order valence-electron chi connectivity index (χ0n) is 12.8. The quantitative estimate of drug-likeness (QED) is 0.932. The van der Waals surface area contributed by atoms with Crippen molar-refractivity contribution >= 4 is 24.6 Å². The summed E-state index contributed by atoms with van der Waals surface area (Å²) in [5, 5.41) is 4.06. The van der Waals surface area contributed by atoms with E-state index >= 15 is 0 Å². The van der Waals surface area contributed by atoms with Crippen LogP contribution < -0.4 is 10.5 Å². The van der Waals surface area contributed by atoms with Crippen LogP contribution in [0.25, 0.3) is 12.2 Å². The van der Waals surface area contributed by atoms with Crippen molar-refractivity contribution in [3.8, 4) is 5.75 Å². The van der Waals surface area contributed by atoms with E-state index in [9.17, 15) is 0 Å². The van der Waals surface area contributed by atoms with Crippen molar-refractivity contribution in [2.24, 2.45) is 5.73 Å². The highest BCUT2D eigenvalue weighted by Crippen LogP contribution is 2.34. The molecule has 0 amide bonds. The van der Waals surface area contributed by atoms with Gasteiger partial charge in [-0.15, -0.1) is 12.4 Å². The van der Waals surface area contributed by atoms with Crippen LogP contribution in [0.2, 0.25) is 0 Å². The molecule has 0 radical (unpaired) electrons. The molecule has 1 aromatic carbocycles. The van der Waals surface area contributed by atoms with Crippen molar-refractivity contribution in [1.29, 1.82) is 0 Å². The third-order valence-corrected chi connectivity index (χ3v) is 4.51. The second kappa shape index (κ2) is 6.34. The molecule has 2 aromatic rings. The van der Waals surface area contributed by atoms with Crippen LogP contribution in [0.15, 0.2) is 22.7 Å². The molecular weight excluding hydrogens is 314 g/mol. The Morgan fingerprint density at radius 2 is 2.00 bits per heavy atom. The molecule has 0 atom stereocenters. The third kappa shape index (κ3) is 3.12. The highest BCUT2D eigenvalue weighted by Gasteiger charge is 2.35. The Kier molecular flexibility index (Phi) is 4.41. The van der Waals surface area contributed by atoms with Gasteiger partial charge < -0.3 is 15.0 Å². The van der Waals surface area contributed by atoms with E-state index in [2.05, 4.69) is 16.2 Å². The lowest BCUT2D eigenvalue weighted by Gasteiger charge is -2.17. The molecule has 23 heavy (non-hydrogen) atoms. The number of rotatable bonds is 3. The molecule has 1 aliphatic carbocycles. The van der Waals surface area contributed by atoms with Gasteiger partial charge in [0.05, 0.1) is 12.1 Å². The van der Waals surface area contributed by atoms with Gasteiger partial charge in [-0.2, -0.15) is 4.98 Å². The number of nitrogens with zero attached hydrogens (tertiary/aromatic N) is 2. The van der Waals surface area contributed by atoms with Crippen LogP contribution in [0.3, 0.4) is 0 Å². The van der Waals surface area contributed by atoms with Crippen molar-refractivity contribution in [1.82, 2.24) is 10.1 Å². The Balaban J connectivity index is 0.00000156. The molecule has 1 saturated carbocycles. The van der Waals surface area contributed by atoms with Gasteiger partial charge in [0.15, 0.2) is 5.82 Å². The van der Waals surface area contributed by atoms with Gasteiger partial charge in [0, 0.05) is 12.5 Å². The molecule has 122 valence electrons. The van der Waals surface area contributed by atoms with Gasteiger partial charge in [-0.25, -0.2) is 0 Å². The second-order valence-electron chi connectivity index (χ2n) is 6.12. The van der Waals surface area contributed by atoms with E-state index in [1.807, 2.05) is 24.3 Å². The summed E-state index contributed by atoms with van der Waals surface area (Å²) in [5.74, 6) is 2.12. The molecule has 2 aliphatic rings. The molecule has 1 fully saturated rings. The van der Waals surface area contributed by atoms with E-state index in [1.54, 1.807) is 0 Å². The first kappa shape index (κ1) is 16.0. The van der Waals surface area contributed by atoms with Gasteiger partial charge in [0.1, 0.15) is 5.75 Å². The fraction of sp³-hybridized carbons (Fsp3) is 0.412. The van der Waals surface area contributed by atoms with Crippen LogP contribution in [0.1, 0.15) is 48.5 Å². The minimum atomic E-state index is -0.402. The molecule has 0 saturated heterocycles. The Morgan fingerprint density at radius 1 is 1.17 bits per heavy atom. The molecule has 2 heterocycles. The lowest BCUT2D eigenvalue weighted by molar-refractivity contribution is 0.357. The maximum atomic E-state index is 6.34. The van der Waals surface area contributed by atoms with Gasteiger partial charge in [-0.1, -0.05) is 24.1 Å². The van der Waals surface area contributed by atoms with Gasteiger partial charge in [0.2, 0.25) is 0 Å². The first-order valence-corrected chi connectivity index (χ1v) is 7.80. The average molecular weight is 334 g/mol. The van der Waals surface area contributed by atoms with Crippen LogP contribution in [0.4, 0.5) is 0 Å². The number of nitrogens with two attached hydrogens (primary N) is 1. The number of benzene rings is 1. The average Bonchev–Trinajstić information content (AvgIpc) is 3.25. The van der Waals surface area contributed by atoms with Gasteiger partial charge in [0.25, 0.3) is 5.89 Å². The van der Waals surface area contributed by atoms with Crippen LogP contribution in [-0.2, 0) is 12.0 Å². The minimum absolute atomic E-state index is 0. The molecule has 4 rings (SSSR count). The number of aromatic nitrogens is 2. The molecule has 0 unspecified atom stereocenters. The Morgan fingerprint density at radius 3 is 2.83 bits per heavy atom. The second-order valence-corrected chi connectivity index (χ2v) is 6.12. The van der Waals surface area contributed by atoms with E-state index in [4.69, 9.17) is 15.0 Å². The van der Waals surface area contributed by atoms with Gasteiger partial charge >= 0.3 is 0 Å². The van der Waals surface area contributed by atoms with Crippen LogP contribution >= 0.6 is 12.4 Å². The van der Waals surface area contributed by atoms with E-state index in [-0.39, 0.29) is 12.4 Å². The number of ether oxygens (including phenoxy) is 1. The maximum Gasteiger partial charge on any atom is 0.250 e. The molecule has 5 nitrogen and oxygen atoms in total. The van der Waals surface area contributed by atoms with Crippen molar-refractivity contribution in [3.05, 3.63) is 41.0 Å². The minimum Gasteiger partial charge on any atom is -0.493 e. The molecule has 0 spiro atoms. The maximum absolute atomic E-state index is 6.34. The molecule has 1 aromatic heterocycles. The summed E-state index contributed by atoms with van der Waals surface area (Å²) in [6.07, 6.45) is 8.92. The number of hydrogen-bond acceptors (Lipinski definition) is 5. The standard InChI is InChI=1S/C17H19N3O2.ClH/c18-17(8-1-2-9-17)16-19-15(22-20-16)6-4-12-3-5-14-13(11-12)7-10-21-14;/h3-6,11H,1-2,7-10,18H2;1H/b6-4+;. The predicted molar refractivity (Wildman–Crippen MR) is 90.4 cm³/mol. The van der Waals surface area contributed by atoms with Crippen LogP contribution in [0.5, 0.6) is 5.75 Å².